The third kappa shape index (κ3) is 4.76. The number of fused-ring (bicyclic) bond motifs is 1. The number of benzene rings is 3. The van der Waals surface area contributed by atoms with Crippen LogP contribution in [0.2, 0.25) is 0 Å². The number of carbonyl (C=O) groups is 1. The van der Waals surface area contributed by atoms with Crippen LogP contribution in [0.4, 0.5) is 0 Å². The maximum atomic E-state index is 14.3. The van der Waals surface area contributed by atoms with Gasteiger partial charge in [-0.3, -0.25) is 4.79 Å². The van der Waals surface area contributed by atoms with Gasteiger partial charge >= 0.3 is 0 Å². The Bertz CT molecular complexity index is 1230. The van der Waals surface area contributed by atoms with E-state index in [1.807, 2.05) is 0 Å². The summed E-state index contributed by atoms with van der Waals surface area (Å²) in [5, 5.41) is 1.17. The molecule has 0 radical (unpaired) electrons. The lowest BCUT2D eigenvalue weighted by Crippen LogP contribution is -2.37. The molecule has 4 nitrogen and oxygen atoms in total. The molecule has 1 fully saturated rings. The number of aromatic nitrogens is 1. The molecule has 35 heavy (non-hydrogen) atoms. The lowest BCUT2D eigenvalue weighted by Gasteiger charge is -2.29. The largest absolute Gasteiger partial charge is 0.337 e. The van der Waals surface area contributed by atoms with E-state index in [1.54, 1.807) is 0 Å². The van der Waals surface area contributed by atoms with Crippen LogP contribution in [-0.4, -0.2) is 54.0 Å². The van der Waals surface area contributed by atoms with Crippen molar-refractivity contribution in [2.75, 3.05) is 33.7 Å². The van der Waals surface area contributed by atoms with Crippen molar-refractivity contribution in [2.24, 2.45) is 0 Å². The van der Waals surface area contributed by atoms with Crippen molar-refractivity contribution >= 4 is 16.8 Å². The molecular formula is C31H35N3O. The Kier molecular flexibility index (Phi) is 7.01. The van der Waals surface area contributed by atoms with E-state index < -0.39 is 0 Å². The molecule has 180 valence electrons. The van der Waals surface area contributed by atoms with Crippen LogP contribution in [0.1, 0.15) is 52.4 Å². The molecule has 0 N–H and O–H groups in total. The first-order chi connectivity index (χ1) is 17.1. The van der Waals surface area contributed by atoms with E-state index in [0.29, 0.717) is 0 Å². The maximum Gasteiger partial charge on any atom is 0.270 e. The van der Waals surface area contributed by atoms with Crippen LogP contribution in [0, 0.1) is 0 Å². The summed E-state index contributed by atoms with van der Waals surface area (Å²) < 4.78 is 2.29. The van der Waals surface area contributed by atoms with Gasteiger partial charge in [0.1, 0.15) is 5.69 Å². The second-order valence-electron chi connectivity index (χ2n) is 9.84. The predicted octanol–water partition coefficient (Wildman–Crippen LogP) is 6.01. The highest BCUT2D eigenvalue weighted by atomic mass is 16.2. The van der Waals surface area contributed by atoms with Crippen molar-refractivity contribution in [3.63, 3.8) is 0 Å². The van der Waals surface area contributed by atoms with Gasteiger partial charge in [0.05, 0.1) is 0 Å². The molecule has 1 aliphatic heterocycles. The van der Waals surface area contributed by atoms with E-state index in [4.69, 9.17) is 0 Å². The van der Waals surface area contributed by atoms with E-state index in [9.17, 15) is 4.79 Å². The third-order valence-electron chi connectivity index (χ3n) is 7.18. The Balaban J connectivity index is 1.79. The highest BCUT2D eigenvalue weighted by Crippen LogP contribution is 2.40. The number of likely N-dealkylation sites (tertiary alicyclic amines) is 1. The molecule has 0 atom stereocenters. The van der Waals surface area contributed by atoms with Crippen LogP contribution in [0.5, 0.6) is 0 Å². The molecule has 4 heteroatoms. The Morgan fingerprint density at radius 2 is 1.37 bits per heavy atom. The zero-order chi connectivity index (χ0) is 24.2. The van der Waals surface area contributed by atoms with Gasteiger partial charge in [0.25, 0.3) is 5.91 Å². The van der Waals surface area contributed by atoms with Crippen molar-refractivity contribution in [2.45, 2.75) is 31.7 Å². The summed E-state index contributed by atoms with van der Waals surface area (Å²) in [6.45, 7) is 3.34. The summed E-state index contributed by atoms with van der Waals surface area (Å²) >= 11 is 0. The molecule has 1 aliphatic rings. The van der Waals surface area contributed by atoms with Gasteiger partial charge in [0.15, 0.2) is 0 Å². The zero-order valence-corrected chi connectivity index (χ0v) is 20.9. The molecule has 3 aromatic carbocycles. The van der Waals surface area contributed by atoms with E-state index in [2.05, 4.69) is 113 Å². The second-order valence-corrected chi connectivity index (χ2v) is 9.84. The van der Waals surface area contributed by atoms with Gasteiger partial charge in [-0.25, -0.2) is 0 Å². The Labute approximate surface area is 208 Å². The summed E-state index contributed by atoms with van der Waals surface area (Å²) in [6.07, 6.45) is 3.37. The molecule has 0 aliphatic carbocycles. The smallest absolute Gasteiger partial charge is 0.270 e. The molecular weight excluding hydrogens is 430 g/mol. The SMILES string of the molecule is CN(C)CCn1c(C(=O)N2CCCCC2)c(C(c2ccccc2)c2ccccc2)c2ccccc21. The molecule has 0 saturated carbocycles. The molecule has 0 bridgehead atoms. The van der Waals surface area contributed by atoms with Crippen molar-refractivity contribution in [1.82, 2.24) is 14.4 Å². The molecule has 0 spiro atoms. The fourth-order valence-electron chi connectivity index (χ4n) is 5.45. The summed E-state index contributed by atoms with van der Waals surface area (Å²) in [5.74, 6) is 0.151. The van der Waals surface area contributed by atoms with E-state index in [1.165, 1.54) is 22.9 Å². The lowest BCUT2D eigenvalue weighted by atomic mass is 9.83. The van der Waals surface area contributed by atoms with Gasteiger partial charge in [-0.2, -0.15) is 0 Å². The fourth-order valence-corrected chi connectivity index (χ4v) is 5.45. The Morgan fingerprint density at radius 1 is 0.800 bits per heavy atom. The molecule has 1 amide bonds. The number of nitrogens with zero attached hydrogens (tertiary/aromatic N) is 3. The number of likely N-dealkylation sites (N-methyl/N-ethyl adjacent to an activating group) is 1. The highest BCUT2D eigenvalue weighted by molar-refractivity contribution is 6.03. The van der Waals surface area contributed by atoms with E-state index >= 15 is 0 Å². The predicted molar refractivity (Wildman–Crippen MR) is 144 cm³/mol. The average molecular weight is 466 g/mol. The van der Waals surface area contributed by atoms with Gasteiger partial charge in [-0.05, 0) is 50.6 Å². The summed E-state index contributed by atoms with van der Waals surface area (Å²) in [7, 11) is 4.19. The number of carbonyl (C=O) groups excluding carboxylic acids is 1. The number of hydrogen-bond donors (Lipinski definition) is 0. The van der Waals surface area contributed by atoms with Crippen LogP contribution >= 0.6 is 0 Å². The number of hydrogen-bond acceptors (Lipinski definition) is 2. The number of para-hydroxylation sites is 1. The van der Waals surface area contributed by atoms with Gasteiger partial charge in [-0.15, -0.1) is 0 Å². The van der Waals surface area contributed by atoms with Crippen molar-refractivity contribution < 1.29 is 4.79 Å². The molecule has 2 heterocycles. The van der Waals surface area contributed by atoms with Crippen LogP contribution < -0.4 is 0 Å². The minimum absolute atomic E-state index is 0.0216. The molecule has 1 aromatic heterocycles. The first-order valence-electron chi connectivity index (χ1n) is 12.8. The minimum Gasteiger partial charge on any atom is -0.337 e. The van der Waals surface area contributed by atoms with Crippen LogP contribution in [-0.2, 0) is 6.54 Å². The van der Waals surface area contributed by atoms with Crippen molar-refractivity contribution in [3.8, 4) is 0 Å². The first-order valence-corrected chi connectivity index (χ1v) is 12.8. The third-order valence-corrected chi connectivity index (χ3v) is 7.18. The lowest BCUT2D eigenvalue weighted by molar-refractivity contribution is 0.0712. The second kappa shape index (κ2) is 10.5. The maximum absolute atomic E-state index is 14.3. The van der Waals surface area contributed by atoms with Crippen molar-refractivity contribution in [3.05, 3.63) is 107 Å². The van der Waals surface area contributed by atoms with Crippen LogP contribution in [0.15, 0.2) is 84.9 Å². The quantitative estimate of drug-likeness (QED) is 0.334. The van der Waals surface area contributed by atoms with Crippen molar-refractivity contribution in [1.29, 1.82) is 0 Å². The highest BCUT2D eigenvalue weighted by Gasteiger charge is 2.32. The topological polar surface area (TPSA) is 28.5 Å². The van der Waals surface area contributed by atoms with E-state index in [0.717, 1.165) is 55.8 Å². The van der Waals surface area contributed by atoms with Crippen LogP contribution in [0.3, 0.4) is 0 Å². The summed E-state index contributed by atoms with van der Waals surface area (Å²) in [6, 6.07) is 29.9. The fraction of sp³-hybridized carbons (Fsp3) is 0.323. The molecule has 5 rings (SSSR count). The van der Waals surface area contributed by atoms with E-state index in [-0.39, 0.29) is 11.8 Å². The number of amides is 1. The zero-order valence-electron chi connectivity index (χ0n) is 20.9. The average Bonchev–Trinajstić information content (AvgIpc) is 3.23. The monoisotopic (exact) mass is 465 g/mol. The van der Waals surface area contributed by atoms with Gasteiger partial charge < -0.3 is 14.4 Å². The summed E-state index contributed by atoms with van der Waals surface area (Å²) in [4.78, 5) is 18.6. The van der Waals surface area contributed by atoms with Gasteiger partial charge in [0, 0.05) is 48.6 Å². The molecule has 1 saturated heterocycles. The molecule has 4 aromatic rings. The Morgan fingerprint density at radius 3 is 1.97 bits per heavy atom. The number of rotatable bonds is 7. The minimum atomic E-state index is -0.0216. The first kappa shape index (κ1) is 23.4. The standard InChI is InChI=1S/C31H35N3O/c1-32(2)22-23-34-27-19-11-10-18-26(27)29(30(34)31(35)33-20-12-5-13-21-33)28(24-14-6-3-7-15-24)25-16-8-4-9-17-25/h3-4,6-11,14-19,28H,5,12-13,20-23H2,1-2H3. The number of piperidine rings is 1. The summed E-state index contributed by atoms with van der Waals surface area (Å²) in [5.41, 5.74) is 5.55. The van der Waals surface area contributed by atoms with Crippen LogP contribution in [0.25, 0.3) is 10.9 Å². The Hall–Kier alpha value is -3.37. The van der Waals surface area contributed by atoms with Gasteiger partial charge in [0.2, 0.25) is 0 Å². The molecule has 0 unspecified atom stereocenters. The normalized spacial score (nSPS) is 14.2. The van der Waals surface area contributed by atoms with Gasteiger partial charge in [-0.1, -0.05) is 78.9 Å².